The van der Waals surface area contributed by atoms with Crippen molar-refractivity contribution in [3.63, 3.8) is 0 Å². The molecule has 0 amide bonds. The van der Waals surface area contributed by atoms with Gasteiger partial charge in [-0.2, -0.15) is 0 Å². The summed E-state index contributed by atoms with van der Waals surface area (Å²) in [6.07, 6.45) is 3.87. The molecule has 4 rings (SSSR count). The van der Waals surface area contributed by atoms with Crippen LogP contribution in [0, 0.1) is 13.8 Å². The molecule has 2 aromatic carbocycles. The first-order valence-electron chi connectivity index (χ1n) is 8.69. The predicted molar refractivity (Wildman–Crippen MR) is 108 cm³/mol. The molecule has 1 saturated carbocycles. The Morgan fingerprint density at radius 2 is 1.89 bits per heavy atom. The second kappa shape index (κ2) is 6.80. The fourth-order valence-electron chi connectivity index (χ4n) is 2.90. The van der Waals surface area contributed by atoms with E-state index in [1.54, 1.807) is 37.4 Å². The zero-order valence-corrected chi connectivity index (χ0v) is 17.4. The van der Waals surface area contributed by atoms with Gasteiger partial charge in [-0.25, -0.2) is 13.4 Å². The van der Waals surface area contributed by atoms with E-state index < -0.39 is 10.0 Å². The summed E-state index contributed by atoms with van der Waals surface area (Å²) < 4.78 is 35.3. The molecule has 0 spiro atoms. The van der Waals surface area contributed by atoms with Crippen LogP contribution in [0.5, 0.6) is 0 Å². The van der Waals surface area contributed by atoms with E-state index in [0.29, 0.717) is 28.5 Å². The quantitative estimate of drug-likeness (QED) is 0.569. The van der Waals surface area contributed by atoms with Crippen molar-refractivity contribution in [3.05, 3.63) is 64.1 Å². The Kier molecular flexibility index (Phi) is 4.60. The van der Waals surface area contributed by atoms with Gasteiger partial charge in [-0.15, -0.1) is 0 Å². The Morgan fingerprint density at radius 1 is 1.11 bits per heavy atom. The van der Waals surface area contributed by atoms with E-state index in [4.69, 9.17) is 4.42 Å². The van der Waals surface area contributed by atoms with Crippen molar-refractivity contribution in [1.29, 1.82) is 0 Å². The van der Waals surface area contributed by atoms with Crippen LogP contribution in [0.15, 0.2) is 56.4 Å². The van der Waals surface area contributed by atoms with Gasteiger partial charge in [0.25, 0.3) is 10.0 Å². The van der Waals surface area contributed by atoms with Crippen LogP contribution in [0.4, 0.5) is 5.69 Å². The number of halogens is 1. The van der Waals surface area contributed by atoms with Crippen molar-refractivity contribution in [2.75, 3.05) is 4.72 Å². The topological polar surface area (TPSA) is 72.2 Å². The fraction of sp³-hybridized carbons (Fsp3) is 0.250. The third-order valence-corrected chi connectivity index (χ3v) is 7.04. The van der Waals surface area contributed by atoms with Gasteiger partial charge in [0.1, 0.15) is 0 Å². The van der Waals surface area contributed by atoms with E-state index in [1.807, 2.05) is 19.1 Å². The largest absolute Gasteiger partial charge is 0.440 e. The standard InChI is InChI=1S/C20H19BrN2O3S/c1-12-3-4-15(18-11-22-20(26-18)14-5-6-14)10-19(12)27(24,25)23-16-7-8-17(21)13(2)9-16/h3-4,7-11,14,23H,5-6H2,1-2H3. The van der Waals surface area contributed by atoms with Crippen LogP contribution in [-0.4, -0.2) is 13.4 Å². The van der Waals surface area contributed by atoms with Crippen LogP contribution in [0.25, 0.3) is 11.3 Å². The Hall–Kier alpha value is -2.12. The van der Waals surface area contributed by atoms with Crippen LogP contribution in [-0.2, 0) is 10.0 Å². The number of aryl methyl sites for hydroxylation is 2. The smallest absolute Gasteiger partial charge is 0.262 e. The second-order valence-electron chi connectivity index (χ2n) is 6.89. The van der Waals surface area contributed by atoms with Gasteiger partial charge in [0.2, 0.25) is 0 Å². The molecule has 1 aliphatic rings. The van der Waals surface area contributed by atoms with Crippen molar-refractivity contribution >= 4 is 31.6 Å². The highest BCUT2D eigenvalue weighted by atomic mass is 79.9. The number of nitrogens with zero attached hydrogens (tertiary/aromatic N) is 1. The SMILES string of the molecule is Cc1cc(NS(=O)(=O)c2cc(-c3cnc(C4CC4)o3)ccc2C)ccc1Br. The number of aromatic nitrogens is 1. The number of nitrogens with one attached hydrogen (secondary N) is 1. The van der Waals surface area contributed by atoms with Crippen LogP contribution in [0.3, 0.4) is 0 Å². The zero-order chi connectivity index (χ0) is 19.2. The van der Waals surface area contributed by atoms with Crippen molar-refractivity contribution in [3.8, 4) is 11.3 Å². The molecule has 0 atom stereocenters. The summed E-state index contributed by atoms with van der Waals surface area (Å²) in [5.41, 5.74) is 2.85. The summed E-state index contributed by atoms with van der Waals surface area (Å²) in [6.45, 7) is 3.69. The molecule has 0 aliphatic heterocycles. The van der Waals surface area contributed by atoms with E-state index in [9.17, 15) is 8.42 Å². The Balaban J connectivity index is 1.67. The maximum absolute atomic E-state index is 13.0. The van der Waals surface area contributed by atoms with Gasteiger partial charge >= 0.3 is 0 Å². The van der Waals surface area contributed by atoms with Crippen LogP contribution >= 0.6 is 15.9 Å². The highest BCUT2D eigenvalue weighted by Gasteiger charge is 2.29. The molecule has 7 heteroatoms. The third-order valence-electron chi connectivity index (χ3n) is 4.62. The van der Waals surface area contributed by atoms with Gasteiger partial charge in [0, 0.05) is 21.6 Å². The lowest BCUT2D eigenvalue weighted by atomic mass is 10.1. The number of hydrogen-bond donors (Lipinski definition) is 1. The minimum absolute atomic E-state index is 0.227. The Morgan fingerprint density at radius 3 is 2.59 bits per heavy atom. The fourth-order valence-corrected chi connectivity index (χ4v) is 4.47. The van der Waals surface area contributed by atoms with E-state index in [2.05, 4.69) is 25.6 Å². The molecule has 1 aliphatic carbocycles. The number of benzene rings is 2. The molecule has 1 heterocycles. The number of hydrogen-bond acceptors (Lipinski definition) is 4. The minimum atomic E-state index is -3.73. The molecule has 1 N–H and O–H groups in total. The molecule has 0 saturated heterocycles. The van der Waals surface area contributed by atoms with Gasteiger partial charge in [-0.05, 0) is 62.1 Å². The van der Waals surface area contributed by atoms with Crippen molar-refractivity contribution in [2.45, 2.75) is 37.5 Å². The van der Waals surface area contributed by atoms with E-state index in [-0.39, 0.29) is 4.90 Å². The molecule has 0 radical (unpaired) electrons. The maximum Gasteiger partial charge on any atom is 0.262 e. The van der Waals surface area contributed by atoms with Gasteiger partial charge < -0.3 is 4.42 Å². The lowest BCUT2D eigenvalue weighted by Crippen LogP contribution is -2.14. The Bertz CT molecular complexity index is 1120. The minimum Gasteiger partial charge on any atom is -0.440 e. The summed E-state index contributed by atoms with van der Waals surface area (Å²) >= 11 is 3.42. The Labute approximate surface area is 167 Å². The van der Waals surface area contributed by atoms with Crippen LogP contribution in [0.2, 0.25) is 0 Å². The van der Waals surface area contributed by atoms with Gasteiger partial charge in [0.15, 0.2) is 11.7 Å². The second-order valence-corrected chi connectivity index (χ2v) is 9.39. The molecule has 27 heavy (non-hydrogen) atoms. The molecule has 0 unspecified atom stereocenters. The number of rotatable bonds is 5. The molecule has 5 nitrogen and oxygen atoms in total. The summed E-state index contributed by atoms with van der Waals surface area (Å²) in [7, 11) is -3.73. The van der Waals surface area contributed by atoms with E-state index in [1.165, 1.54) is 0 Å². The average Bonchev–Trinajstić information content (AvgIpc) is 3.35. The first-order chi connectivity index (χ1) is 12.8. The van der Waals surface area contributed by atoms with E-state index in [0.717, 1.165) is 28.8 Å². The summed E-state index contributed by atoms with van der Waals surface area (Å²) in [6, 6.07) is 10.6. The van der Waals surface area contributed by atoms with E-state index >= 15 is 0 Å². The average molecular weight is 447 g/mol. The zero-order valence-electron chi connectivity index (χ0n) is 15.0. The summed E-state index contributed by atoms with van der Waals surface area (Å²) in [4.78, 5) is 4.55. The van der Waals surface area contributed by atoms with Crippen molar-refractivity contribution in [2.24, 2.45) is 0 Å². The lowest BCUT2D eigenvalue weighted by molar-refractivity contribution is 0.509. The molecule has 140 valence electrons. The molecular formula is C20H19BrN2O3S. The van der Waals surface area contributed by atoms with Gasteiger partial charge in [-0.3, -0.25) is 4.72 Å². The molecule has 0 bridgehead atoms. The third kappa shape index (κ3) is 3.80. The first kappa shape index (κ1) is 18.3. The predicted octanol–water partition coefficient (Wildman–Crippen LogP) is 5.40. The molecular weight excluding hydrogens is 428 g/mol. The van der Waals surface area contributed by atoms with Gasteiger partial charge in [0.05, 0.1) is 11.1 Å². The highest BCUT2D eigenvalue weighted by Crippen LogP contribution is 2.40. The molecule has 1 aromatic heterocycles. The van der Waals surface area contributed by atoms with Crippen LogP contribution in [0.1, 0.15) is 35.8 Å². The maximum atomic E-state index is 13.0. The number of oxazole rings is 1. The number of sulfonamides is 1. The van der Waals surface area contributed by atoms with Crippen LogP contribution < -0.4 is 4.72 Å². The first-order valence-corrected chi connectivity index (χ1v) is 11.0. The normalized spacial score (nSPS) is 14.3. The molecule has 3 aromatic rings. The van der Waals surface area contributed by atoms with Crippen molar-refractivity contribution in [1.82, 2.24) is 4.98 Å². The summed E-state index contributed by atoms with van der Waals surface area (Å²) in [5.74, 6) is 1.74. The number of anilines is 1. The molecule has 1 fully saturated rings. The van der Waals surface area contributed by atoms with Gasteiger partial charge in [-0.1, -0.05) is 28.1 Å². The lowest BCUT2D eigenvalue weighted by Gasteiger charge is -2.12. The summed E-state index contributed by atoms with van der Waals surface area (Å²) in [5, 5.41) is 0. The van der Waals surface area contributed by atoms with Crippen molar-refractivity contribution < 1.29 is 12.8 Å². The monoisotopic (exact) mass is 446 g/mol. The highest BCUT2D eigenvalue weighted by molar-refractivity contribution is 9.10.